The molecule has 2 aromatic rings. The fourth-order valence-corrected chi connectivity index (χ4v) is 2.95. The number of hydrogen-bond donors (Lipinski definition) is 0. The Morgan fingerprint density at radius 3 is 2.48 bits per heavy atom. The van der Waals surface area contributed by atoms with Crippen molar-refractivity contribution >= 4 is 11.7 Å². The Hall–Kier alpha value is -2.82. The molecule has 1 aliphatic rings. The van der Waals surface area contributed by atoms with E-state index in [1.807, 2.05) is 37.3 Å². The maximum Gasteiger partial charge on any atom is 0.365 e. The predicted molar refractivity (Wildman–Crippen MR) is 105 cm³/mol. The van der Waals surface area contributed by atoms with Crippen molar-refractivity contribution in [3.63, 3.8) is 0 Å². The third-order valence-corrected chi connectivity index (χ3v) is 4.53. The van der Waals surface area contributed by atoms with Gasteiger partial charge in [0.15, 0.2) is 0 Å². The van der Waals surface area contributed by atoms with Gasteiger partial charge < -0.3 is 14.3 Å². The highest BCUT2D eigenvalue weighted by molar-refractivity contribution is 6.04. The Bertz CT molecular complexity index is 863. The van der Waals surface area contributed by atoms with Crippen LogP contribution in [0.2, 0.25) is 0 Å². The van der Waals surface area contributed by atoms with Crippen LogP contribution in [0, 0.1) is 0 Å². The van der Waals surface area contributed by atoms with Crippen LogP contribution >= 0.6 is 0 Å². The van der Waals surface area contributed by atoms with Crippen LogP contribution in [0.3, 0.4) is 0 Å². The lowest BCUT2D eigenvalue weighted by Gasteiger charge is -2.24. The summed E-state index contributed by atoms with van der Waals surface area (Å²) in [5.74, 6) is 0.910. The first-order chi connectivity index (χ1) is 12.8. The number of nitrogens with zero attached hydrogens (tertiary/aromatic N) is 1. The number of fused-ring (bicyclic) bond motifs is 1. The molecular weight excluding hydrogens is 342 g/mol. The van der Waals surface area contributed by atoms with Crippen LogP contribution in [0.1, 0.15) is 55.6 Å². The van der Waals surface area contributed by atoms with Crippen LogP contribution in [0.5, 0.6) is 11.5 Å². The second kappa shape index (κ2) is 7.43. The maximum absolute atomic E-state index is 12.4. The molecule has 1 aliphatic heterocycles. The molecule has 1 atom stereocenters. The number of hydrogen-bond acceptors (Lipinski definition) is 5. The average Bonchev–Trinajstić information content (AvgIpc) is 2.64. The van der Waals surface area contributed by atoms with Gasteiger partial charge in [0, 0.05) is 18.1 Å². The van der Waals surface area contributed by atoms with E-state index >= 15 is 0 Å². The molecule has 0 radical (unpaired) electrons. The molecule has 5 heteroatoms. The molecule has 0 fully saturated rings. The SMILES string of the molecule is COc1ccc2c(c1)O[C@H](C)C/C2=N\OC(=O)c1ccc(C(C)(C)C)cc1. The number of oxime groups is 1. The molecule has 27 heavy (non-hydrogen) atoms. The summed E-state index contributed by atoms with van der Waals surface area (Å²) in [6.07, 6.45) is 0.503. The van der Waals surface area contributed by atoms with Gasteiger partial charge >= 0.3 is 5.97 Å². The molecule has 0 spiro atoms. The fraction of sp³-hybridized carbons (Fsp3) is 0.364. The van der Waals surface area contributed by atoms with E-state index in [0.29, 0.717) is 29.2 Å². The zero-order valence-corrected chi connectivity index (χ0v) is 16.4. The van der Waals surface area contributed by atoms with E-state index < -0.39 is 5.97 Å². The summed E-state index contributed by atoms with van der Waals surface area (Å²) in [5.41, 5.74) is 3.16. The molecule has 0 bridgehead atoms. The monoisotopic (exact) mass is 367 g/mol. The molecule has 142 valence electrons. The van der Waals surface area contributed by atoms with Crippen LogP contribution in [0.4, 0.5) is 0 Å². The average molecular weight is 367 g/mol. The quantitative estimate of drug-likeness (QED) is 0.581. The van der Waals surface area contributed by atoms with Crippen molar-refractivity contribution in [1.29, 1.82) is 0 Å². The summed E-state index contributed by atoms with van der Waals surface area (Å²) in [6, 6.07) is 13.0. The Labute approximate surface area is 159 Å². The molecule has 0 saturated heterocycles. The standard InChI is InChI=1S/C22H25NO4/c1-14-12-19(18-11-10-17(25-5)13-20(18)26-14)23-27-21(24)15-6-8-16(9-7-15)22(2,3)4/h6-11,13-14H,12H2,1-5H3/b23-19+/t14-/m1/s1. The van der Waals surface area contributed by atoms with Gasteiger partial charge in [0.2, 0.25) is 0 Å². The second-order valence-corrected chi connectivity index (χ2v) is 7.74. The molecular formula is C22H25NO4. The lowest BCUT2D eigenvalue weighted by molar-refractivity contribution is 0.0513. The largest absolute Gasteiger partial charge is 0.497 e. The molecule has 0 aliphatic carbocycles. The molecule has 0 aromatic heterocycles. The Morgan fingerprint density at radius 2 is 1.85 bits per heavy atom. The van der Waals surface area contributed by atoms with Crippen molar-refractivity contribution in [1.82, 2.24) is 0 Å². The van der Waals surface area contributed by atoms with Gasteiger partial charge in [-0.25, -0.2) is 4.79 Å². The number of carbonyl (C=O) groups excluding carboxylic acids is 1. The van der Waals surface area contributed by atoms with Crippen LogP contribution in [0.15, 0.2) is 47.6 Å². The lowest BCUT2D eigenvalue weighted by atomic mass is 9.87. The van der Waals surface area contributed by atoms with Crippen molar-refractivity contribution in [2.75, 3.05) is 7.11 Å². The summed E-state index contributed by atoms with van der Waals surface area (Å²) >= 11 is 0. The Kier molecular flexibility index (Phi) is 5.22. The first-order valence-corrected chi connectivity index (χ1v) is 9.02. The number of ether oxygens (including phenoxy) is 2. The zero-order valence-electron chi connectivity index (χ0n) is 16.4. The first kappa shape index (κ1) is 19.0. The van der Waals surface area contributed by atoms with Crippen LogP contribution < -0.4 is 9.47 Å². The number of rotatable bonds is 3. The van der Waals surface area contributed by atoms with Gasteiger partial charge in [-0.3, -0.25) is 0 Å². The fourth-order valence-electron chi connectivity index (χ4n) is 2.95. The van der Waals surface area contributed by atoms with Gasteiger partial charge in [-0.15, -0.1) is 0 Å². The van der Waals surface area contributed by atoms with E-state index in [1.54, 1.807) is 19.2 Å². The highest BCUT2D eigenvalue weighted by atomic mass is 16.7. The van der Waals surface area contributed by atoms with Crippen molar-refractivity contribution in [2.45, 2.75) is 45.6 Å². The first-order valence-electron chi connectivity index (χ1n) is 9.02. The number of methoxy groups -OCH3 is 1. The van der Waals surface area contributed by atoms with Crippen molar-refractivity contribution in [2.24, 2.45) is 5.16 Å². The zero-order chi connectivity index (χ0) is 19.6. The van der Waals surface area contributed by atoms with E-state index in [-0.39, 0.29) is 11.5 Å². The topological polar surface area (TPSA) is 57.1 Å². The molecule has 0 amide bonds. The van der Waals surface area contributed by atoms with Gasteiger partial charge in [0.05, 0.1) is 18.4 Å². The minimum Gasteiger partial charge on any atom is -0.497 e. The highest BCUT2D eigenvalue weighted by Crippen LogP contribution is 2.32. The minimum atomic E-state index is -0.475. The highest BCUT2D eigenvalue weighted by Gasteiger charge is 2.24. The Morgan fingerprint density at radius 1 is 1.15 bits per heavy atom. The van der Waals surface area contributed by atoms with E-state index in [9.17, 15) is 4.79 Å². The summed E-state index contributed by atoms with van der Waals surface area (Å²) in [5, 5.41) is 4.12. The molecule has 2 aromatic carbocycles. The molecule has 1 heterocycles. The summed E-state index contributed by atoms with van der Waals surface area (Å²) < 4.78 is 11.1. The Balaban J connectivity index is 1.79. The van der Waals surface area contributed by atoms with Gasteiger partial charge in [0.1, 0.15) is 17.6 Å². The van der Waals surface area contributed by atoms with Gasteiger partial charge in [-0.2, -0.15) is 0 Å². The molecule has 0 N–H and O–H groups in total. The number of benzene rings is 2. The van der Waals surface area contributed by atoms with Crippen LogP contribution in [0.25, 0.3) is 0 Å². The lowest BCUT2D eigenvalue weighted by Crippen LogP contribution is -2.25. The van der Waals surface area contributed by atoms with E-state index in [4.69, 9.17) is 14.3 Å². The maximum atomic E-state index is 12.4. The van der Waals surface area contributed by atoms with Gasteiger partial charge in [-0.05, 0) is 42.2 Å². The van der Waals surface area contributed by atoms with E-state index in [0.717, 1.165) is 11.1 Å². The van der Waals surface area contributed by atoms with E-state index in [2.05, 4.69) is 25.9 Å². The van der Waals surface area contributed by atoms with Crippen molar-refractivity contribution in [3.05, 3.63) is 59.2 Å². The molecule has 3 rings (SSSR count). The normalized spacial score (nSPS) is 17.8. The van der Waals surface area contributed by atoms with Gasteiger partial charge in [-0.1, -0.05) is 38.1 Å². The minimum absolute atomic E-state index is 0.0334. The third-order valence-electron chi connectivity index (χ3n) is 4.53. The van der Waals surface area contributed by atoms with Gasteiger partial charge in [0.25, 0.3) is 0 Å². The molecule has 5 nitrogen and oxygen atoms in total. The predicted octanol–water partition coefficient (Wildman–Crippen LogP) is 4.72. The second-order valence-electron chi connectivity index (χ2n) is 7.74. The third kappa shape index (κ3) is 4.30. The molecule has 0 saturated carbocycles. The van der Waals surface area contributed by atoms with Crippen LogP contribution in [-0.2, 0) is 10.3 Å². The summed E-state index contributed by atoms with van der Waals surface area (Å²) in [6.45, 7) is 8.34. The smallest absolute Gasteiger partial charge is 0.365 e. The summed E-state index contributed by atoms with van der Waals surface area (Å²) in [4.78, 5) is 17.6. The van der Waals surface area contributed by atoms with Crippen LogP contribution in [-0.4, -0.2) is 24.9 Å². The number of carbonyl (C=O) groups is 1. The summed E-state index contributed by atoms with van der Waals surface area (Å²) in [7, 11) is 1.61. The van der Waals surface area contributed by atoms with Crippen molar-refractivity contribution in [3.8, 4) is 11.5 Å². The molecule has 0 unspecified atom stereocenters. The van der Waals surface area contributed by atoms with Crippen molar-refractivity contribution < 1.29 is 19.1 Å². The van der Waals surface area contributed by atoms with E-state index in [1.165, 1.54) is 0 Å².